The maximum Gasteiger partial charge on any atom is 0.149 e. The zero-order valence-electron chi connectivity index (χ0n) is 19.1. The molecular formula is C24H29ClIN3O5. The van der Waals surface area contributed by atoms with Crippen molar-refractivity contribution in [3.8, 4) is 11.5 Å². The topological polar surface area (TPSA) is 110 Å². The van der Waals surface area contributed by atoms with Gasteiger partial charge in [-0.15, -0.1) is 16.7 Å². The molecule has 0 unspecified atom stereocenters. The van der Waals surface area contributed by atoms with Crippen molar-refractivity contribution in [3.05, 3.63) is 69.1 Å². The number of aliphatic hydroxyl groups is 3. The molecule has 0 spiro atoms. The number of aromatic nitrogens is 3. The van der Waals surface area contributed by atoms with E-state index >= 15 is 0 Å². The van der Waals surface area contributed by atoms with Gasteiger partial charge in [-0.05, 0) is 58.0 Å². The van der Waals surface area contributed by atoms with Gasteiger partial charge < -0.3 is 24.8 Å². The first-order chi connectivity index (χ1) is 16.2. The van der Waals surface area contributed by atoms with Crippen LogP contribution in [0.15, 0.2) is 48.5 Å². The van der Waals surface area contributed by atoms with Crippen LogP contribution in [0.5, 0.6) is 11.5 Å². The Kier molecular flexibility index (Phi) is 9.55. The summed E-state index contributed by atoms with van der Waals surface area (Å²) < 4.78 is 13.4. The average molecular weight is 602 g/mol. The average Bonchev–Trinajstić information content (AvgIpc) is 3.20. The van der Waals surface area contributed by atoms with Crippen molar-refractivity contribution in [2.45, 2.75) is 44.6 Å². The number of nitrogens with zero attached hydrogens (tertiary/aromatic N) is 3. The van der Waals surface area contributed by atoms with Crippen LogP contribution >= 0.6 is 34.2 Å². The lowest BCUT2D eigenvalue weighted by Gasteiger charge is -2.26. The molecule has 3 aromatic rings. The van der Waals surface area contributed by atoms with Crippen LogP contribution in [0.2, 0.25) is 0 Å². The fourth-order valence-electron chi connectivity index (χ4n) is 3.39. The van der Waals surface area contributed by atoms with Gasteiger partial charge in [0.1, 0.15) is 40.6 Å². The minimum absolute atomic E-state index is 0.0872. The van der Waals surface area contributed by atoms with E-state index in [9.17, 15) is 15.3 Å². The van der Waals surface area contributed by atoms with Crippen molar-refractivity contribution >= 4 is 34.2 Å². The fraction of sp³-hybridized carbons (Fsp3) is 0.417. The number of benzene rings is 2. The van der Waals surface area contributed by atoms with Gasteiger partial charge in [0.15, 0.2) is 0 Å². The third-order valence-electron chi connectivity index (χ3n) is 5.54. The molecule has 0 aliphatic rings. The van der Waals surface area contributed by atoms with Crippen molar-refractivity contribution in [1.29, 1.82) is 0 Å². The summed E-state index contributed by atoms with van der Waals surface area (Å²) in [5.74, 6) is 1.46. The minimum atomic E-state index is -0.801. The molecule has 3 N–H and O–H groups in total. The third kappa shape index (κ3) is 6.82. The van der Waals surface area contributed by atoms with Gasteiger partial charge in [0.2, 0.25) is 0 Å². The molecule has 2 atom stereocenters. The van der Waals surface area contributed by atoms with Crippen molar-refractivity contribution in [2.75, 3.05) is 19.1 Å². The monoisotopic (exact) mass is 601 g/mol. The zero-order valence-corrected chi connectivity index (χ0v) is 22.0. The molecule has 2 aromatic carbocycles. The molecule has 0 saturated heterocycles. The fourth-order valence-corrected chi connectivity index (χ4v) is 4.02. The van der Waals surface area contributed by atoms with Crippen LogP contribution in [-0.2, 0) is 18.6 Å². The van der Waals surface area contributed by atoms with Crippen LogP contribution in [-0.4, -0.2) is 61.6 Å². The molecule has 1 heterocycles. The third-order valence-corrected chi connectivity index (χ3v) is 6.73. The van der Waals surface area contributed by atoms with Crippen LogP contribution in [0.25, 0.3) is 0 Å². The maximum absolute atomic E-state index is 10.3. The van der Waals surface area contributed by atoms with E-state index in [2.05, 4.69) is 24.2 Å². The van der Waals surface area contributed by atoms with Gasteiger partial charge in [-0.2, -0.15) is 0 Å². The number of hydrogen-bond acceptors (Lipinski definition) is 7. The van der Waals surface area contributed by atoms with Crippen molar-refractivity contribution in [1.82, 2.24) is 15.0 Å². The summed E-state index contributed by atoms with van der Waals surface area (Å²) in [7, 11) is 0. The van der Waals surface area contributed by atoms with Gasteiger partial charge in [0.05, 0.1) is 24.7 Å². The van der Waals surface area contributed by atoms with E-state index in [1.807, 2.05) is 71.1 Å². The number of hydrogen-bond donors (Lipinski definition) is 3. The van der Waals surface area contributed by atoms with Crippen LogP contribution < -0.4 is 9.47 Å². The zero-order chi connectivity index (χ0) is 24.7. The molecule has 184 valence electrons. The Bertz CT molecular complexity index is 1040. The summed E-state index contributed by atoms with van der Waals surface area (Å²) in [6.45, 7) is 4.51. The summed E-state index contributed by atoms with van der Waals surface area (Å²) in [4.78, 5) is 0. The van der Waals surface area contributed by atoms with Crippen molar-refractivity contribution in [3.63, 3.8) is 0 Å². The molecule has 0 fully saturated rings. The van der Waals surface area contributed by atoms with Gasteiger partial charge >= 0.3 is 0 Å². The van der Waals surface area contributed by atoms with Crippen LogP contribution in [0.1, 0.15) is 30.7 Å². The summed E-state index contributed by atoms with van der Waals surface area (Å²) in [6, 6.07) is 15.6. The number of halogens is 2. The molecule has 10 heteroatoms. The lowest BCUT2D eigenvalue weighted by atomic mass is 9.78. The second kappa shape index (κ2) is 12.2. The van der Waals surface area contributed by atoms with E-state index in [-0.39, 0.29) is 37.7 Å². The van der Waals surface area contributed by atoms with Gasteiger partial charge in [-0.1, -0.05) is 43.3 Å². The van der Waals surface area contributed by atoms with E-state index in [0.29, 0.717) is 20.9 Å². The molecule has 0 bridgehead atoms. The molecule has 8 nitrogen and oxygen atoms in total. The molecule has 1 aromatic heterocycles. The normalized spacial score (nSPS) is 13.5. The first kappa shape index (κ1) is 26.7. The van der Waals surface area contributed by atoms with Gasteiger partial charge in [0, 0.05) is 5.41 Å². The predicted octanol–water partition coefficient (Wildman–Crippen LogP) is 3.12. The summed E-state index contributed by atoms with van der Waals surface area (Å²) >= 11 is 7.59. The molecule has 0 aliphatic heterocycles. The Hall–Kier alpha value is -1.92. The van der Waals surface area contributed by atoms with Gasteiger partial charge in [0.25, 0.3) is 0 Å². The molecule has 3 rings (SSSR count). The minimum Gasteiger partial charge on any atom is -0.491 e. The number of rotatable bonds is 12. The van der Waals surface area contributed by atoms with Crippen LogP contribution in [0, 0.1) is 3.70 Å². The Balaban J connectivity index is 1.57. The van der Waals surface area contributed by atoms with E-state index in [1.54, 1.807) is 0 Å². The van der Waals surface area contributed by atoms with Crippen LogP contribution in [0.3, 0.4) is 0 Å². The molecule has 0 radical (unpaired) electrons. The quantitative estimate of drug-likeness (QED) is 0.216. The highest BCUT2D eigenvalue weighted by Crippen LogP contribution is 2.33. The summed E-state index contributed by atoms with van der Waals surface area (Å²) in [6.07, 6.45) is -1.49. The molecule has 34 heavy (non-hydrogen) atoms. The molecule has 0 saturated carbocycles. The summed E-state index contributed by atoms with van der Waals surface area (Å²) in [5, 5.41) is 37.1. The Morgan fingerprint density at radius 3 is 1.91 bits per heavy atom. The lowest BCUT2D eigenvalue weighted by molar-refractivity contribution is 0.0866. The lowest BCUT2D eigenvalue weighted by Crippen LogP contribution is -2.25. The SMILES string of the molecule is CC(C)(c1ccc(OC[C@@H](O)CCl)cc1)c1ccc(OC[C@H](O)Cn2nnc(I)c2CO)cc1. The molecule has 0 aliphatic carbocycles. The highest BCUT2D eigenvalue weighted by atomic mass is 127. The predicted molar refractivity (Wildman–Crippen MR) is 137 cm³/mol. The van der Waals surface area contributed by atoms with E-state index in [1.165, 1.54) is 4.68 Å². The highest BCUT2D eigenvalue weighted by molar-refractivity contribution is 14.1. The molecular weight excluding hydrogens is 573 g/mol. The van der Waals surface area contributed by atoms with E-state index in [0.717, 1.165) is 11.1 Å². The maximum atomic E-state index is 10.3. The van der Waals surface area contributed by atoms with Crippen molar-refractivity contribution in [2.24, 2.45) is 0 Å². The number of alkyl halides is 1. The standard InChI is InChI=1S/C24H29ClIN3O5/c1-24(2,16-3-7-20(8-4-16)33-14-18(31)11-25)17-5-9-21(10-6-17)34-15-19(32)12-29-22(13-30)23(26)27-28-29/h3-10,18-19,30-32H,11-15H2,1-2H3/t18-,19+/m0/s1. The number of ether oxygens (including phenoxy) is 2. The Morgan fingerprint density at radius 2 is 1.44 bits per heavy atom. The summed E-state index contributed by atoms with van der Waals surface area (Å²) in [5.41, 5.74) is 2.54. The first-order valence-corrected chi connectivity index (χ1v) is 12.4. The first-order valence-electron chi connectivity index (χ1n) is 10.8. The largest absolute Gasteiger partial charge is 0.491 e. The van der Waals surface area contributed by atoms with Crippen molar-refractivity contribution < 1.29 is 24.8 Å². The Labute approximate surface area is 217 Å². The molecule has 0 amide bonds. The smallest absolute Gasteiger partial charge is 0.149 e. The van der Waals surface area contributed by atoms with Gasteiger partial charge in [-0.25, -0.2) is 4.68 Å². The van der Waals surface area contributed by atoms with Crippen LogP contribution in [0.4, 0.5) is 0 Å². The van der Waals surface area contributed by atoms with E-state index < -0.39 is 12.2 Å². The highest BCUT2D eigenvalue weighted by Gasteiger charge is 2.23. The van der Waals surface area contributed by atoms with Gasteiger partial charge in [-0.3, -0.25) is 0 Å². The number of aliphatic hydroxyl groups excluding tert-OH is 3. The second-order valence-corrected chi connectivity index (χ2v) is 9.76. The second-order valence-electron chi connectivity index (χ2n) is 8.42. The van der Waals surface area contributed by atoms with E-state index in [4.69, 9.17) is 21.1 Å². The Morgan fingerprint density at radius 1 is 0.941 bits per heavy atom.